The van der Waals surface area contributed by atoms with Crippen molar-refractivity contribution in [3.8, 4) is 6.07 Å². The van der Waals surface area contributed by atoms with Crippen LogP contribution in [0.3, 0.4) is 0 Å². The first kappa shape index (κ1) is 13.4. The van der Waals surface area contributed by atoms with Crippen LogP contribution < -0.4 is 5.32 Å². The fraction of sp³-hybridized carbons (Fsp3) is 0.385. The maximum Gasteiger partial charge on any atom is 0.254 e. The Hall–Kier alpha value is -2.00. The maximum absolute atomic E-state index is 12.3. The van der Waals surface area contributed by atoms with Crippen molar-refractivity contribution in [1.29, 1.82) is 5.26 Å². The van der Waals surface area contributed by atoms with E-state index in [1.807, 2.05) is 13.0 Å². The molecule has 0 aliphatic carbocycles. The van der Waals surface area contributed by atoms with Gasteiger partial charge in [-0.2, -0.15) is 5.26 Å². The van der Waals surface area contributed by atoms with Crippen LogP contribution >= 0.6 is 11.5 Å². The van der Waals surface area contributed by atoms with Gasteiger partial charge in [0, 0.05) is 0 Å². The number of hydrogen-bond donors (Lipinski definition) is 1. The van der Waals surface area contributed by atoms with Crippen molar-refractivity contribution in [3.63, 3.8) is 0 Å². The van der Waals surface area contributed by atoms with Crippen molar-refractivity contribution < 1.29 is 4.79 Å². The second-order valence-electron chi connectivity index (χ2n) is 4.57. The summed E-state index contributed by atoms with van der Waals surface area (Å²) >= 11 is 1.18. The van der Waals surface area contributed by atoms with Gasteiger partial charge in [0.1, 0.15) is 11.1 Å². The molecule has 1 aromatic heterocycles. The first-order valence-corrected chi connectivity index (χ1v) is 6.82. The summed E-state index contributed by atoms with van der Waals surface area (Å²) in [6, 6.07) is 7.46. The van der Waals surface area contributed by atoms with Crippen molar-refractivity contribution >= 4 is 27.7 Å². The van der Waals surface area contributed by atoms with Gasteiger partial charge in [0.2, 0.25) is 0 Å². The zero-order valence-electron chi connectivity index (χ0n) is 10.8. The molecular formula is C13H14N4OS. The quantitative estimate of drug-likeness (QED) is 0.929. The summed E-state index contributed by atoms with van der Waals surface area (Å²) in [4.78, 5) is 12.3. The number of carbonyl (C=O) groups is 1. The van der Waals surface area contributed by atoms with Gasteiger partial charge < -0.3 is 5.32 Å². The number of nitrogens with one attached hydrogen (secondary N) is 1. The Morgan fingerprint density at radius 3 is 3.05 bits per heavy atom. The number of nitriles is 1. The summed E-state index contributed by atoms with van der Waals surface area (Å²) in [6.45, 7) is 3.72. The van der Waals surface area contributed by atoms with Crippen LogP contribution in [0.5, 0.6) is 0 Å². The lowest BCUT2D eigenvalue weighted by Gasteiger charge is -2.22. The zero-order valence-corrected chi connectivity index (χ0v) is 11.6. The van der Waals surface area contributed by atoms with Crippen LogP contribution in [-0.4, -0.2) is 21.0 Å². The average Bonchev–Trinajstić information content (AvgIpc) is 2.86. The third-order valence-corrected chi connectivity index (χ3v) is 3.68. The van der Waals surface area contributed by atoms with Crippen LogP contribution in [-0.2, 0) is 0 Å². The van der Waals surface area contributed by atoms with Gasteiger partial charge in [0.05, 0.1) is 16.3 Å². The second kappa shape index (κ2) is 5.33. The molecule has 19 heavy (non-hydrogen) atoms. The monoisotopic (exact) mass is 274 g/mol. The third-order valence-electron chi connectivity index (χ3n) is 2.91. The first-order valence-electron chi connectivity index (χ1n) is 6.04. The van der Waals surface area contributed by atoms with E-state index in [1.165, 1.54) is 11.5 Å². The molecule has 1 atom stereocenters. The minimum absolute atomic E-state index is 0.255. The highest BCUT2D eigenvalue weighted by Crippen LogP contribution is 2.21. The van der Waals surface area contributed by atoms with Crippen molar-refractivity contribution in [1.82, 2.24) is 14.9 Å². The lowest BCUT2D eigenvalue weighted by atomic mass is 9.97. The van der Waals surface area contributed by atoms with E-state index in [9.17, 15) is 10.1 Å². The summed E-state index contributed by atoms with van der Waals surface area (Å²) in [7, 11) is 0. The van der Waals surface area contributed by atoms with E-state index >= 15 is 0 Å². The molecule has 0 fully saturated rings. The summed E-state index contributed by atoms with van der Waals surface area (Å²) in [5.74, 6) is -0.255. The Bertz CT molecular complexity index is 645. The van der Waals surface area contributed by atoms with E-state index in [0.717, 1.165) is 11.1 Å². The maximum atomic E-state index is 12.3. The first-order chi connectivity index (χ1) is 9.09. The Labute approximate surface area is 115 Å². The molecule has 2 aromatic rings. The molecule has 5 nitrogen and oxygen atoms in total. The molecule has 1 amide bonds. The number of hydrogen-bond acceptors (Lipinski definition) is 5. The molecule has 1 heterocycles. The molecule has 0 saturated heterocycles. The largest absolute Gasteiger partial charge is 0.334 e. The Morgan fingerprint density at radius 2 is 2.37 bits per heavy atom. The van der Waals surface area contributed by atoms with Crippen LogP contribution in [0.1, 0.15) is 37.0 Å². The summed E-state index contributed by atoms with van der Waals surface area (Å²) < 4.78 is 4.59. The third kappa shape index (κ3) is 2.71. The van der Waals surface area contributed by atoms with E-state index in [2.05, 4.69) is 21.0 Å². The summed E-state index contributed by atoms with van der Waals surface area (Å²) in [6.07, 6.45) is 1.45. The van der Waals surface area contributed by atoms with Gasteiger partial charge in [-0.05, 0) is 37.0 Å². The average molecular weight is 274 g/mol. The Morgan fingerprint density at radius 1 is 1.58 bits per heavy atom. The van der Waals surface area contributed by atoms with Crippen molar-refractivity contribution in [2.75, 3.05) is 0 Å². The minimum Gasteiger partial charge on any atom is -0.334 e. The number of amides is 1. The lowest BCUT2D eigenvalue weighted by Crippen LogP contribution is -2.44. The van der Waals surface area contributed by atoms with Crippen LogP contribution in [0.25, 0.3) is 10.2 Å². The fourth-order valence-corrected chi connectivity index (χ4v) is 2.62. The van der Waals surface area contributed by atoms with E-state index in [-0.39, 0.29) is 5.91 Å². The summed E-state index contributed by atoms with van der Waals surface area (Å²) in [5, 5.41) is 15.9. The van der Waals surface area contributed by atoms with Gasteiger partial charge in [-0.1, -0.05) is 23.9 Å². The predicted molar refractivity (Wildman–Crippen MR) is 73.8 cm³/mol. The molecule has 0 bridgehead atoms. The highest BCUT2D eigenvalue weighted by molar-refractivity contribution is 7.13. The molecule has 6 heteroatoms. The second-order valence-corrected chi connectivity index (χ2v) is 5.33. The van der Waals surface area contributed by atoms with E-state index < -0.39 is 5.54 Å². The number of nitrogens with zero attached hydrogens (tertiary/aromatic N) is 3. The number of rotatable bonds is 4. The molecule has 1 N–H and O–H groups in total. The van der Waals surface area contributed by atoms with E-state index in [1.54, 1.807) is 19.1 Å². The fourth-order valence-electron chi connectivity index (χ4n) is 1.95. The number of fused-ring (bicyclic) bond motifs is 1. The van der Waals surface area contributed by atoms with Crippen molar-refractivity contribution in [3.05, 3.63) is 23.8 Å². The van der Waals surface area contributed by atoms with Crippen LogP contribution in [0, 0.1) is 11.3 Å². The number of carbonyl (C=O) groups excluding carboxylic acids is 1. The topological polar surface area (TPSA) is 78.7 Å². The lowest BCUT2D eigenvalue weighted by molar-refractivity contribution is 0.0923. The molecule has 0 aliphatic heterocycles. The summed E-state index contributed by atoms with van der Waals surface area (Å²) in [5.41, 5.74) is 0.378. The molecular weight excluding hydrogens is 260 g/mol. The van der Waals surface area contributed by atoms with Gasteiger partial charge in [-0.3, -0.25) is 4.79 Å². The van der Waals surface area contributed by atoms with Gasteiger partial charge >= 0.3 is 0 Å². The van der Waals surface area contributed by atoms with Crippen LogP contribution in [0.4, 0.5) is 0 Å². The molecule has 0 unspecified atom stereocenters. The zero-order chi connectivity index (χ0) is 13.9. The molecule has 0 saturated carbocycles. The van der Waals surface area contributed by atoms with E-state index in [0.29, 0.717) is 17.5 Å². The smallest absolute Gasteiger partial charge is 0.254 e. The Kier molecular flexibility index (Phi) is 3.76. The van der Waals surface area contributed by atoms with Gasteiger partial charge in [-0.25, -0.2) is 0 Å². The predicted octanol–water partition coefficient (Wildman–Crippen LogP) is 2.50. The van der Waals surface area contributed by atoms with Gasteiger partial charge in [0.15, 0.2) is 0 Å². The molecule has 0 spiro atoms. The Balaban J connectivity index is 2.30. The standard InChI is InChI=1S/C13H14N4OS/c1-3-7-13(2,8-14)15-12(18)9-5-4-6-10-11(9)19-17-16-10/h4-6H,3,7H2,1-2H3,(H,15,18)/t13-/m1/s1. The number of aromatic nitrogens is 2. The normalized spacial score (nSPS) is 13.7. The van der Waals surface area contributed by atoms with Gasteiger partial charge in [0.25, 0.3) is 5.91 Å². The molecule has 2 rings (SSSR count). The molecule has 1 aromatic carbocycles. The van der Waals surface area contributed by atoms with Gasteiger partial charge in [-0.15, -0.1) is 5.10 Å². The highest BCUT2D eigenvalue weighted by Gasteiger charge is 2.26. The van der Waals surface area contributed by atoms with Crippen molar-refractivity contribution in [2.45, 2.75) is 32.2 Å². The number of benzene rings is 1. The van der Waals surface area contributed by atoms with E-state index in [4.69, 9.17) is 0 Å². The van der Waals surface area contributed by atoms with Crippen LogP contribution in [0.2, 0.25) is 0 Å². The minimum atomic E-state index is -0.841. The molecule has 98 valence electrons. The molecule has 0 aliphatic rings. The van der Waals surface area contributed by atoms with Crippen LogP contribution in [0.15, 0.2) is 18.2 Å². The highest BCUT2D eigenvalue weighted by atomic mass is 32.1. The SMILES string of the molecule is CCC[C@](C)(C#N)NC(=O)c1cccc2nnsc12. The van der Waals surface area contributed by atoms with Crippen molar-refractivity contribution in [2.24, 2.45) is 0 Å². The molecule has 0 radical (unpaired) electrons.